The van der Waals surface area contributed by atoms with Crippen LogP contribution in [0.2, 0.25) is 0 Å². The molecular weight excluding hydrogens is 859 g/mol. The molecule has 2 aliphatic carbocycles. The summed E-state index contributed by atoms with van der Waals surface area (Å²) in [4.78, 5) is 16.0. The molecule has 3 heterocycles. The first kappa shape index (κ1) is 38.3. The Balaban J connectivity index is 0.951. The number of thiophene rings is 1. The van der Waals surface area contributed by atoms with Crippen LogP contribution in [0.3, 0.4) is 0 Å². The molecule has 10 aromatic carbocycles. The maximum Gasteiger partial charge on any atom is 0.165 e. The second-order valence-corrected chi connectivity index (χ2v) is 19.2. The van der Waals surface area contributed by atoms with E-state index in [4.69, 9.17) is 19.4 Å². The van der Waals surface area contributed by atoms with Crippen LogP contribution in [-0.2, 0) is 5.41 Å². The third kappa shape index (κ3) is 5.48. The summed E-state index contributed by atoms with van der Waals surface area (Å²) >= 11 is 1.78. The van der Waals surface area contributed by atoms with Gasteiger partial charge in [-0.1, -0.05) is 194 Å². The van der Waals surface area contributed by atoms with Crippen molar-refractivity contribution >= 4 is 53.4 Å². The van der Waals surface area contributed by atoms with E-state index >= 15 is 0 Å². The number of benzene rings is 10. The first-order valence-corrected chi connectivity index (χ1v) is 24.2. The van der Waals surface area contributed by atoms with Crippen molar-refractivity contribution in [1.29, 1.82) is 0 Å². The molecule has 0 amide bonds. The van der Waals surface area contributed by atoms with E-state index in [0.29, 0.717) is 17.5 Å². The summed E-state index contributed by atoms with van der Waals surface area (Å²) in [6, 6.07) is 80.8. The van der Waals surface area contributed by atoms with Gasteiger partial charge in [-0.15, -0.1) is 11.3 Å². The normalized spacial score (nSPS) is 13.0. The Morgan fingerprint density at radius 1 is 0.333 bits per heavy atom. The molecule has 69 heavy (non-hydrogen) atoms. The van der Waals surface area contributed by atoms with Gasteiger partial charge in [0.05, 0.1) is 5.41 Å². The fourth-order valence-corrected chi connectivity index (χ4v) is 12.9. The molecule has 3 aromatic heterocycles. The molecule has 0 N–H and O–H groups in total. The SMILES string of the molecule is c1ccc(-c2ccc(-c3nc(-c4cccc5c4sc4ccccc45)nc(-c4cccc5oc6ccc(-c7cccc8c7C7(c9ccccc9-c9ccccc97)c7ccccc7-8)cc6c45)n3)cc2)cc1. The Bertz CT molecular complexity index is 4200. The van der Waals surface area contributed by atoms with E-state index in [1.165, 1.54) is 65.5 Å². The maximum atomic E-state index is 6.74. The molecule has 0 radical (unpaired) electrons. The number of aromatic nitrogens is 3. The highest BCUT2D eigenvalue weighted by atomic mass is 32.1. The van der Waals surface area contributed by atoms with Crippen LogP contribution in [0.1, 0.15) is 22.3 Å². The zero-order chi connectivity index (χ0) is 45.2. The second kappa shape index (κ2) is 14.6. The molecule has 0 saturated carbocycles. The summed E-state index contributed by atoms with van der Waals surface area (Å²) in [5.74, 6) is 1.83. The van der Waals surface area contributed by atoms with Crippen molar-refractivity contribution in [3.05, 3.63) is 247 Å². The van der Waals surface area contributed by atoms with Crippen LogP contribution in [0.15, 0.2) is 229 Å². The van der Waals surface area contributed by atoms with Gasteiger partial charge in [-0.25, -0.2) is 15.0 Å². The van der Waals surface area contributed by atoms with E-state index < -0.39 is 5.41 Å². The molecule has 320 valence electrons. The fourth-order valence-electron chi connectivity index (χ4n) is 11.7. The van der Waals surface area contributed by atoms with E-state index in [1.54, 1.807) is 11.3 Å². The van der Waals surface area contributed by atoms with Gasteiger partial charge in [-0.05, 0) is 97.1 Å². The highest BCUT2D eigenvalue weighted by molar-refractivity contribution is 7.26. The zero-order valence-corrected chi connectivity index (χ0v) is 37.8. The lowest BCUT2D eigenvalue weighted by Crippen LogP contribution is -2.26. The standard InChI is InChI=1S/C64H37N3OS/c1-2-15-38(16-3-1)39-31-33-40(34-32-39)61-65-62(67-63(66-61)50-25-13-23-48-46-20-7-11-30-57(46)69-60(48)50)49-24-14-29-56-58(49)51-37-41(35-36-55(51)68-56)42-21-12-22-47-45-19-6-10-28-54(45)64(59(42)47)52-26-8-4-17-43(52)44-18-5-9-27-53(44)64/h1-37H. The quantitative estimate of drug-likeness (QED) is 0.173. The highest BCUT2D eigenvalue weighted by Gasteiger charge is 2.52. The lowest BCUT2D eigenvalue weighted by Gasteiger charge is -2.32. The largest absolute Gasteiger partial charge is 0.456 e. The summed E-state index contributed by atoms with van der Waals surface area (Å²) in [5.41, 5.74) is 18.9. The molecule has 0 unspecified atom stereocenters. The monoisotopic (exact) mass is 895 g/mol. The third-order valence-electron chi connectivity index (χ3n) is 14.6. The van der Waals surface area contributed by atoms with E-state index in [0.717, 1.165) is 60.0 Å². The van der Waals surface area contributed by atoms with E-state index in [9.17, 15) is 0 Å². The molecular formula is C64H37N3OS. The van der Waals surface area contributed by atoms with Gasteiger partial charge < -0.3 is 4.42 Å². The van der Waals surface area contributed by atoms with Crippen LogP contribution in [-0.4, -0.2) is 15.0 Å². The molecule has 2 aliphatic rings. The second-order valence-electron chi connectivity index (χ2n) is 18.1. The van der Waals surface area contributed by atoms with Crippen molar-refractivity contribution in [3.63, 3.8) is 0 Å². The van der Waals surface area contributed by atoms with Crippen molar-refractivity contribution in [2.45, 2.75) is 5.41 Å². The van der Waals surface area contributed by atoms with Crippen LogP contribution in [0.5, 0.6) is 0 Å². The summed E-state index contributed by atoms with van der Waals surface area (Å²) in [6.07, 6.45) is 0. The number of hydrogen-bond donors (Lipinski definition) is 0. The van der Waals surface area contributed by atoms with Crippen molar-refractivity contribution in [2.75, 3.05) is 0 Å². The average Bonchev–Trinajstić information content (AvgIpc) is 4.16. The summed E-state index contributed by atoms with van der Waals surface area (Å²) in [7, 11) is 0. The van der Waals surface area contributed by atoms with Crippen LogP contribution in [0.25, 0.3) is 121 Å². The molecule has 4 nitrogen and oxygen atoms in total. The minimum absolute atomic E-state index is 0.484. The maximum absolute atomic E-state index is 6.74. The van der Waals surface area contributed by atoms with Gasteiger partial charge in [0.2, 0.25) is 0 Å². The average molecular weight is 896 g/mol. The van der Waals surface area contributed by atoms with Crippen molar-refractivity contribution in [1.82, 2.24) is 15.0 Å². The molecule has 15 rings (SSSR count). The van der Waals surface area contributed by atoms with Crippen LogP contribution < -0.4 is 0 Å². The van der Waals surface area contributed by atoms with Gasteiger partial charge in [0.15, 0.2) is 17.5 Å². The van der Waals surface area contributed by atoms with Crippen LogP contribution in [0, 0.1) is 0 Å². The molecule has 5 heteroatoms. The Hall–Kier alpha value is -8.77. The number of fused-ring (bicyclic) bond motifs is 16. The predicted octanol–water partition coefficient (Wildman–Crippen LogP) is 16.8. The van der Waals surface area contributed by atoms with Crippen molar-refractivity contribution in [2.24, 2.45) is 0 Å². The number of nitrogens with zero attached hydrogens (tertiary/aromatic N) is 3. The predicted molar refractivity (Wildman–Crippen MR) is 283 cm³/mol. The first-order valence-electron chi connectivity index (χ1n) is 23.4. The summed E-state index contributed by atoms with van der Waals surface area (Å²) in [5, 5.41) is 4.41. The molecule has 0 saturated heterocycles. The van der Waals surface area contributed by atoms with E-state index in [-0.39, 0.29) is 0 Å². The first-order chi connectivity index (χ1) is 34.2. The van der Waals surface area contributed by atoms with E-state index in [1.807, 2.05) is 12.1 Å². The van der Waals surface area contributed by atoms with Crippen molar-refractivity contribution in [3.8, 4) is 78.7 Å². The van der Waals surface area contributed by atoms with Crippen molar-refractivity contribution < 1.29 is 4.42 Å². The van der Waals surface area contributed by atoms with Gasteiger partial charge >= 0.3 is 0 Å². The lowest BCUT2D eigenvalue weighted by molar-refractivity contribution is 0.669. The Kier molecular flexibility index (Phi) is 8.12. The van der Waals surface area contributed by atoms with Gasteiger partial charge in [0.1, 0.15) is 11.2 Å². The fraction of sp³-hybridized carbons (Fsp3) is 0.0156. The number of rotatable bonds is 5. The summed E-state index contributed by atoms with van der Waals surface area (Å²) in [6.45, 7) is 0. The number of hydrogen-bond acceptors (Lipinski definition) is 5. The Labute approximate surface area is 401 Å². The molecule has 0 bridgehead atoms. The zero-order valence-electron chi connectivity index (χ0n) is 37.0. The summed E-state index contributed by atoms with van der Waals surface area (Å²) < 4.78 is 9.13. The van der Waals surface area contributed by atoms with Gasteiger partial charge in [0.25, 0.3) is 0 Å². The minimum atomic E-state index is -0.484. The van der Waals surface area contributed by atoms with E-state index in [2.05, 4.69) is 212 Å². The highest BCUT2D eigenvalue weighted by Crippen LogP contribution is 2.64. The smallest absolute Gasteiger partial charge is 0.165 e. The minimum Gasteiger partial charge on any atom is -0.456 e. The topological polar surface area (TPSA) is 51.8 Å². The Morgan fingerprint density at radius 3 is 1.62 bits per heavy atom. The van der Waals surface area contributed by atoms with Gasteiger partial charge in [-0.3, -0.25) is 0 Å². The molecule has 1 spiro atoms. The third-order valence-corrected chi connectivity index (χ3v) is 15.8. The molecule has 13 aromatic rings. The molecule has 0 aliphatic heterocycles. The Morgan fingerprint density at radius 2 is 0.855 bits per heavy atom. The molecule has 0 fully saturated rings. The lowest BCUT2D eigenvalue weighted by atomic mass is 9.68. The molecule has 0 atom stereocenters. The van der Waals surface area contributed by atoms with Gasteiger partial charge in [0, 0.05) is 47.6 Å². The number of furan rings is 1. The van der Waals surface area contributed by atoms with Gasteiger partial charge in [-0.2, -0.15) is 0 Å². The van der Waals surface area contributed by atoms with Crippen LogP contribution in [0.4, 0.5) is 0 Å². The van der Waals surface area contributed by atoms with Crippen LogP contribution >= 0.6 is 11.3 Å².